The van der Waals surface area contributed by atoms with E-state index < -0.39 is 5.97 Å². The molecule has 0 aromatic heterocycles. The molecule has 2 amide bonds. The van der Waals surface area contributed by atoms with Gasteiger partial charge in [0.25, 0.3) is 0 Å². The Morgan fingerprint density at radius 3 is 2.25 bits per heavy atom. The van der Waals surface area contributed by atoms with Gasteiger partial charge in [0.1, 0.15) is 0 Å². The van der Waals surface area contributed by atoms with Crippen molar-refractivity contribution in [1.82, 2.24) is 20.0 Å². The molecule has 0 saturated heterocycles. The third kappa shape index (κ3) is 4.19. The Bertz CT molecular complexity index is 459. The van der Waals surface area contributed by atoms with Crippen molar-refractivity contribution in [3.05, 3.63) is 0 Å². The molecular formula is C17H32N4O3. The quantitative estimate of drug-likeness (QED) is 0.691. The molecule has 2 rings (SSSR count). The van der Waals surface area contributed by atoms with Crippen molar-refractivity contribution in [2.75, 3.05) is 40.8 Å². The van der Waals surface area contributed by atoms with E-state index in [1.54, 1.807) is 4.90 Å². The predicted octanol–water partition coefficient (Wildman–Crippen LogP) is 1.05. The van der Waals surface area contributed by atoms with Crippen LogP contribution in [-0.4, -0.2) is 90.2 Å². The Kier molecular flexibility index (Phi) is 6.09. The summed E-state index contributed by atoms with van der Waals surface area (Å²) in [5.74, 6) is -0.793. The molecule has 24 heavy (non-hydrogen) atoms. The van der Waals surface area contributed by atoms with E-state index >= 15 is 0 Å². The van der Waals surface area contributed by atoms with E-state index in [-0.39, 0.29) is 30.2 Å². The van der Waals surface area contributed by atoms with Gasteiger partial charge in [0, 0.05) is 31.2 Å². The number of rotatable bonds is 8. The normalized spacial score (nSPS) is 25.1. The average Bonchev–Trinajstić information content (AvgIpc) is 2.42. The van der Waals surface area contributed by atoms with Crippen molar-refractivity contribution < 1.29 is 14.7 Å². The Hall–Kier alpha value is -1.34. The first-order valence-electron chi connectivity index (χ1n) is 8.92. The van der Waals surface area contributed by atoms with Crippen LogP contribution < -0.4 is 5.32 Å². The Balaban J connectivity index is 1.75. The van der Waals surface area contributed by atoms with Crippen LogP contribution in [0.25, 0.3) is 0 Å². The maximum absolute atomic E-state index is 12.4. The number of amides is 2. The Labute approximate surface area is 145 Å². The minimum atomic E-state index is -0.793. The van der Waals surface area contributed by atoms with E-state index in [0.717, 1.165) is 38.8 Å². The fourth-order valence-corrected chi connectivity index (χ4v) is 3.81. The van der Waals surface area contributed by atoms with Crippen LogP contribution in [0.3, 0.4) is 0 Å². The number of carboxylic acid groups (broad SMARTS) is 1. The molecule has 0 aromatic carbocycles. The molecule has 2 fully saturated rings. The van der Waals surface area contributed by atoms with Gasteiger partial charge in [-0.05, 0) is 52.7 Å². The second-order valence-corrected chi connectivity index (χ2v) is 7.56. The first-order valence-corrected chi connectivity index (χ1v) is 8.92. The van der Waals surface area contributed by atoms with E-state index in [1.165, 1.54) is 6.42 Å². The molecule has 0 bridgehead atoms. The largest absolute Gasteiger partial charge is 0.480 e. The zero-order valence-electron chi connectivity index (χ0n) is 15.4. The lowest BCUT2D eigenvalue weighted by molar-refractivity contribution is -0.139. The highest BCUT2D eigenvalue weighted by Gasteiger charge is 2.41. The van der Waals surface area contributed by atoms with Crippen LogP contribution in [0.15, 0.2) is 0 Å². The predicted molar refractivity (Wildman–Crippen MR) is 93.1 cm³/mol. The minimum absolute atomic E-state index is 0.0205. The van der Waals surface area contributed by atoms with Crippen LogP contribution in [0.2, 0.25) is 0 Å². The molecule has 0 aromatic rings. The molecule has 7 heteroatoms. The van der Waals surface area contributed by atoms with Crippen molar-refractivity contribution >= 4 is 12.0 Å². The molecular weight excluding hydrogens is 308 g/mol. The van der Waals surface area contributed by atoms with Crippen LogP contribution in [0.4, 0.5) is 4.79 Å². The van der Waals surface area contributed by atoms with Gasteiger partial charge in [-0.1, -0.05) is 6.92 Å². The van der Waals surface area contributed by atoms with Crippen LogP contribution in [-0.2, 0) is 4.79 Å². The van der Waals surface area contributed by atoms with E-state index in [0.29, 0.717) is 0 Å². The summed E-state index contributed by atoms with van der Waals surface area (Å²) in [5.41, 5.74) is 0.134. The molecule has 7 nitrogen and oxygen atoms in total. The van der Waals surface area contributed by atoms with Crippen LogP contribution in [0, 0.1) is 0 Å². The molecule has 0 radical (unpaired) electrons. The zero-order valence-corrected chi connectivity index (χ0v) is 15.4. The first kappa shape index (κ1) is 19.0. The number of carbonyl (C=O) groups excluding carboxylic acids is 1. The van der Waals surface area contributed by atoms with Gasteiger partial charge in [-0.3, -0.25) is 9.69 Å². The molecule has 138 valence electrons. The summed E-state index contributed by atoms with van der Waals surface area (Å²) in [6.45, 7) is 3.53. The van der Waals surface area contributed by atoms with Gasteiger partial charge in [-0.15, -0.1) is 0 Å². The number of aliphatic carboxylic acids is 1. The highest BCUT2D eigenvalue weighted by Crippen LogP contribution is 2.36. The molecule has 2 aliphatic rings. The molecule has 2 aliphatic carbocycles. The molecule has 0 unspecified atom stereocenters. The average molecular weight is 340 g/mol. The standard InChI is InChI=1S/C17H32N4O3/c1-5-21(11-15(22)23)14-9-13(10-14)18-16(24)20(4)12-17(19(2)3)7-6-8-17/h13-14H,5-12H2,1-4H3,(H,18,24)(H,22,23). The number of carbonyl (C=O) groups is 2. The van der Waals surface area contributed by atoms with Crippen LogP contribution in [0.1, 0.15) is 39.0 Å². The summed E-state index contributed by atoms with van der Waals surface area (Å²) < 4.78 is 0. The maximum atomic E-state index is 12.4. The van der Waals surface area contributed by atoms with Crippen LogP contribution >= 0.6 is 0 Å². The van der Waals surface area contributed by atoms with E-state index in [4.69, 9.17) is 5.11 Å². The van der Waals surface area contributed by atoms with Crippen molar-refractivity contribution in [2.45, 2.75) is 56.7 Å². The fraction of sp³-hybridized carbons (Fsp3) is 0.882. The second-order valence-electron chi connectivity index (χ2n) is 7.56. The highest BCUT2D eigenvalue weighted by molar-refractivity contribution is 5.74. The van der Waals surface area contributed by atoms with Gasteiger partial charge < -0.3 is 20.2 Å². The Morgan fingerprint density at radius 1 is 1.21 bits per heavy atom. The molecule has 0 atom stereocenters. The number of urea groups is 1. The number of likely N-dealkylation sites (N-methyl/N-ethyl adjacent to an activating group) is 3. The highest BCUT2D eigenvalue weighted by atomic mass is 16.4. The molecule has 0 heterocycles. The number of nitrogens with one attached hydrogen (secondary N) is 1. The monoisotopic (exact) mass is 340 g/mol. The molecule has 2 N–H and O–H groups in total. The van der Waals surface area contributed by atoms with E-state index in [2.05, 4.69) is 24.3 Å². The molecule has 2 saturated carbocycles. The zero-order chi connectivity index (χ0) is 17.9. The number of nitrogens with zero attached hydrogens (tertiary/aromatic N) is 3. The lowest BCUT2D eigenvalue weighted by Crippen LogP contribution is -2.60. The summed E-state index contributed by atoms with van der Waals surface area (Å²) in [7, 11) is 6.03. The number of carboxylic acids is 1. The van der Waals surface area contributed by atoms with E-state index in [1.807, 2.05) is 18.9 Å². The van der Waals surface area contributed by atoms with Gasteiger partial charge in [0.15, 0.2) is 0 Å². The summed E-state index contributed by atoms with van der Waals surface area (Å²) >= 11 is 0. The summed E-state index contributed by atoms with van der Waals surface area (Å²) in [5, 5.41) is 12.0. The smallest absolute Gasteiger partial charge is 0.317 e. The fourth-order valence-electron chi connectivity index (χ4n) is 3.81. The minimum Gasteiger partial charge on any atom is -0.480 e. The lowest BCUT2D eigenvalue weighted by Gasteiger charge is -2.49. The Morgan fingerprint density at radius 2 is 1.83 bits per heavy atom. The third-order valence-corrected chi connectivity index (χ3v) is 5.81. The summed E-state index contributed by atoms with van der Waals surface area (Å²) in [4.78, 5) is 29.3. The van der Waals surface area contributed by atoms with Crippen LogP contribution in [0.5, 0.6) is 0 Å². The molecule has 0 aliphatic heterocycles. The van der Waals surface area contributed by atoms with Gasteiger partial charge >= 0.3 is 12.0 Å². The van der Waals surface area contributed by atoms with Gasteiger partial charge in [0.2, 0.25) is 0 Å². The van der Waals surface area contributed by atoms with E-state index in [9.17, 15) is 9.59 Å². The summed E-state index contributed by atoms with van der Waals surface area (Å²) in [6, 6.07) is 0.402. The van der Waals surface area contributed by atoms with Crippen molar-refractivity contribution in [3.8, 4) is 0 Å². The first-order chi connectivity index (χ1) is 11.3. The van der Waals surface area contributed by atoms with Crippen molar-refractivity contribution in [2.24, 2.45) is 0 Å². The number of hydrogen-bond acceptors (Lipinski definition) is 4. The van der Waals surface area contributed by atoms with Gasteiger partial charge in [0.05, 0.1) is 6.54 Å². The maximum Gasteiger partial charge on any atom is 0.317 e. The summed E-state index contributed by atoms with van der Waals surface area (Å²) in [6.07, 6.45) is 5.18. The SMILES string of the molecule is CCN(CC(=O)O)C1CC(NC(=O)N(C)CC2(N(C)C)CCC2)C1. The number of hydrogen-bond donors (Lipinski definition) is 2. The third-order valence-electron chi connectivity index (χ3n) is 5.81. The lowest BCUT2D eigenvalue weighted by atomic mass is 9.75. The molecule has 0 spiro atoms. The van der Waals surface area contributed by atoms with Gasteiger partial charge in [-0.2, -0.15) is 0 Å². The topological polar surface area (TPSA) is 76.1 Å². The van der Waals surface area contributed by atoms with Gasteiger partial charge in [-0.25, -0.2) is 4.79 Å². The second kappa shape index (κ2) is 7.70. The van der Waals surface area contributed by atoms with Crippen molar-refractivity contribution in [1.29, 1.82) is 0 Å². The van der Waals surface area contributed by atoms with Crippen molar-refractivity contribution in [3.63, 3.8) is 0 Å².